The fourth-order valence-corrected chi connectivity index (χ4v) is 5.66. The Hall–Kier alpha value is -2.64. The highest BCUT2D eigenvalue weighted by Gasteiger charge is 2.40. The van der Waals surface area contributed by atoms with Crippen LogP contribution in [0.1, 0.15) is 16.1 Å². The van der Waals surface area contributed by atoms with Crippen LogP contribution >= 0.6 is 22.9 Å². The standard InChI is InChI=1S/C24H23ClF3N5O3S/c1-35-24(34)20-18(9-33-14-7-32(10-19(27)28)8-15(33)12-36-11-14)30-22(23-29-4-5-37-23)31-21(20)16-3-2-13(26)6-17(16)25/h2-6,14-15,19H,7-12H2,1H3/t14-,15?/m1/s1. The Morgan fingerprint density at radius 2 is 2.03 bits per heavy atom. The van der Waals surface area contributed by atoms with E-state index in [1.54, 1.807) is 16.5 Å². The number of halogens is 4. The topological polar surface area (TPSA) is 80.7 Å². The molecule has 13 heteroatoms. The molecule has 196 valence electrons. The van der Waals surface area contributed by atoms with Crippen molar-refractivity contribution >= 4 is 28.9 Å². The first-order valence-corrected chi connectivity index (χ1v) is 12.8. The Bertz CT molecular complexity index is 1270. The first kappa shape index (κ1) is 26.0. The van der Waals surface area contributed by atoms with E-state index in [4.69, 9.17) is 26.1 Å². The van der Waals surface area contributed by atoms with Crippen molar-refractivity contribution in [3.8, 4) is 22.1 Å². The SMILES string of the molecule is COC(=O)c1c(CN2C3COC[C@H]2CN(CC(F)F)C3)nc(-c2nccs2)nc1-c1ccc(F)cc1Cl. The van der Waals surface area contributed by atoms with E-state index in [0.717, 1.165) is 6.07 Å². The van der Waals surface area contributed by atoms with E-state index in [1.165, 1.54) is 30.6 Å². The van der Waals surface area contributed by atoms with Gasteiger partial charge < -0.3 is 9.47 Å². The summed E-state index contributed by atoms with van der Waals surface area (Å²) < 4.78 is 50.8. The van der Waals surface area contributed by atoms with Crippen LogP contribution in [-0.4, -0.2) is 89.2 Å². The predicted molar refractivity (Wildman–Crippen MR) is 131 cm³/mol. The Labute approximate surface area is 220 Å². The van der Waals surface area contributed by atoms with Gasteiger partial charge in [-0.3, -0.25) is 9.80 Å². The number of methoxy groups -OCH3 is 1. The lowest BCUT2D eigenvalue weighted by Crippen LogP contribution is -2.64. The Morgan fingerprint density at radius 1 is 1.27 bits per heavy atom. The number of rotatable bonds is 7. The van der Waals surface area contributed by atoms with Crippen molar-refractivity contribution in [1.82, 2.24) is 24.8 Å². The summed E-state index contributed by atoms with van der Waals surface area (Å²) in [6.45, 7) is 1.45. The van der Waals surface area contributed by atoms with Crippen molar-refractivity contribution in [1.29, 1.82) is 0 Å². The number of aromatic nitrogens is 3. The molecule has 2 aliphatic rings. The molecule has 0 spiro atoms. The van der Waals surface area contributed by atoms with E-state index < -0.39 is 18.2 Å². The summed E-state index contributed by atoms with van der Waals surface area (Å²) in [5.41, 5.74) is 1.02. The fourth-order valence-electron chi connectivity index (χ4n) is 4.84. The number of hydrogen-bond acceptors (Lipinski definition) is 9. The van der Waals surface area contributed by atoms with Crippen LogP contribution in [0.4, 0.5) is 13.2 Å². The summed E-state index contributed by atoms with van der Waals surface area (Å²) in [5.74, 6) is -0.920. The summed E-state index contributed by atoms with van der Waals surface area (Å²) >= 11 is 7.71. The van der Waals surface area contributed by atoms with E-state index in [2.05, 4.69) is 14.9 Å². The third-order valence-corrected chi connectivity index (χ3v) is 7.49. The van der Waals surface area contributed by atoms with Crippen LogP contribution in [0.15, 0.2) is 29.8 Å². The second kappa shape index (κ2) is 11.0. The maximum atomic E-state index is 13.8. The molecule has 3 aromatic rings. The van der Waals surface area contributed by atoms with Crippen molar-refractivity contribution in [3.63, 3.8) is 0 Å². The van der Waals surface area contributed by atoms with Gasteiger partial charge >= 0.3 is 5.97 Å². The molecular formula is C24H23ClF3N5O3S. The number of hydrogen-bond donors (Lipinski definition) is 0. The van der Waals surface area contributed by atoms with Gasteiger partial charge in [-0.15, -0.1) is 11.3 Å². The molecule has 2 aliphatic heterocycles. The van der Waals surface area contributed by atoms with E-state index in [9.17, 15) is 18.0 Å². The molecule has 8 nitrogen and oxygen atoms in total. The van der Waals surface area contributed by atoms with E-state index in [-0.39, 0.29) is 47.3 Å². The van der Waals surface area contributed by atoms with Crippen LogP contribution in [0.3, 0.4) is 0 Å². The Balaban J connectivity index is 1.61. The number of thiazole rings is 1. The van der Waals surface area contributed by atoms with Gasteiger partial charge in [0.05, 0.1) is 43.3 Å². The quantitative estimate of drug-likeness (QED) is 0.406. The molecule has 2 fully saturated rings. The highest BCUT2D eigenvalue weighted by Crippen LogP contribution is 2.35. The molecule has 5 rings (SSSR count). The zero-order valence-electron chi connectivity index (χ0n) is 19.7. The molecule has 0 aliphatic carbocycles. The second-order valence-corrected chi connectivity index (χ2v) is 10.1. The Kier molecular flexibility index (Phi) is 7.72. The average Bonchev–Trinajstić information content (AvgIpc) is 3.38. The lowest BCUT2D eigenvalue weighted by atomic mass is 10.00. The van der Waals surface area contributed by atoms with Crippen molar-refractivity contribution < 1.29 is 27.4 Å². The molecule has 1 unspecified atom stereocenters. The molecule has 0 N–H and O–H groups in total. The molecule has 1 aromatic carbocycles. The smallest absolute Gasteiger partial charge is 0.342 e. The third kappa shape index (κ3) is 5.48. The third-order valence-electron chi connectivity index (χ3n) is 6.41. The minimum absolute atomic E-state index is 0.0748. The molecule has 2 saturated heterocycles. The van der Waals surface area contributed by atoms with Crippen molar-refractivity contribution in [2.24, 2.45) is 0 Å². The van der Waals surface area contributed by atoms with E-state index >= 15 is 0 Å². The lowest BCUT2D eigenvalue weighted by Gasteiger charge is -2.49. The van der Waals surface area contributed by atoms with Gasteiger partial charge in [0.1, 0.15) is 11.4 Å². The molecule has 2 atom stereocenters. The van der Waals surface area contributed by atoms with Gasteiger partial charge in [-0.25, -0.2) is 32.9 Å². The number of carbonyl (C=O) groups excluding carboxylic acids is 1. The van der Waals surface area contributed by atoms with E-state index in [0.29, 0.717) is 42.6 Å². The Morgan fingerprint density at radius 3 is 2.65 bits per heavy atom. The number of benzene rings is 1. The molecule has 0 saturated carbocycles. The maximum Gasteiger partial charge on any atom is 0.342 e. The summed E-state index contributed by atoms with van der Waals surface area (Å²) in [6.07, 6.45) is -0.809. The zero-order valence-corrected chi connectivity index (χ0v) is 21.3. The van der Waals surface area contributed by atoms with Gasteiger partial charge in [-0.1, -0.05) is 11.6 Å². The summed E-state index contributed by atoms with van der Waals surface area (Å²) in [4.78, 5) is 30.6. The predicted octanol–water partition coefficient (Wildman–Crippen LogP) is 4.00. The van der Waals surface area contributed by atoms with Gasteiger partial charge in [0.2, 0.25) is 0 Å². The number of alkyl halides is 2. The summed E-state index contributed by atoms with van der Waals surface area (Å²) in [7, 11) is 1.25. The van der Waals surface area contributed by atoms with Crippen molar-refractivity contribution in [2.45, 2.75) is 25.1 Å². The van der Waals surface area contributed by atoms with Crippen LogP contribution < -0.4 is 0 Å². The molecule has 0 radical (unpaired) electrons. The zero-order chi connectivity index (χ0) is 26.1. The summed E-state index contributed by atoms with van der Waals surface area (Å²) in [6, 6.07) is 3.48. The van der Waals surface area contributed by atoms with Gasteiger partial charge in [-0.05, 0) is 18.2 Å². The van der Waals surface area contributed by atoms with E-state index in [1.807, 2.05) is 0 Å². The highest BCUT2D eigenvalue weighted by molar-refractivity contribution is 7.13. The normalized spacial score (nSPS) is 20.4. The summed E-state index contributed by atoms with van der Waals surface area (Å²) in [5, 5.41) is 2.38. The van der Waals surface area contributed by atoms with Crippen molar-refractivity contribution in [2.75, 3.05) is 40.0 Å². The number of morpholine rings is 1. The fraction of sp³-hybridized carbons (Fsp3) is 0.417. The van der Waals surface area contributed by atoms with Gasteiger partial charge in [0.15, 0.2) is 10.8 Å². The van der Waals surface area contributed by atoms with Crippen LogP contribution in [0.5, 0.6) is 0 Å². The molecule has 2 aromatic heterocycles. The molecule has 0 amide bonds. The first-order valence-electron chi connectivity index (χ1n) is 11.5. The minimum Gasteiger partial charge on any atom is -0.465 e. The number of nitrogens with zero attached hydrogens (tertiary/aromatic N) is 5. The molecule has 4 heterocycles. The number of piperazine rings is 1. The lowest BCUT2D eigenvalue weighted by molar-refractivity contribution is -0.108. The van der Waals surface area contributed by atoms with Crippen LogP contribution in [0.25, 0.3) is 22.1 Å². The average molecular weight is 554 g/mol. The largest absolute Gasteiger partial charge is 0.465 e. The molecule has 37 heavy (non-hydrogen) atoms. The second-order valence-electron chi connectivity index (χ2n) is 8.80. The first-order chi connectivity index (χ1) is 17.8. The molecular weight excluding hydrogens is 531 g/mol. The minimum atomic E-state index is -2.43. The van der Waals surface area contributed by atoms with Crippen LogP contribution in [-0.2, 0) is 16.0 Å². The molecule has 2 bridgehead atoms. The van der Waals surface area contributed by atoms with Gasteiger partial charge in [-0.2, -0.15) is 0 Å². The van der Waals surface area contributed by atoms with Gasteiger partial charge in [0, 0.05) is 48.9 Å². The monoisotopic (exact) mass is 553 g/mol. The maximum absolute atomic E-state index is 13.8. The number of ether oxygens (including phenoxy) is 2. The van der Waals surface area contributed by atoms with Crippen LogP contribution in [0.2, 0.25) is 5.02 Å². The van der Waals surface area contributed by atoms with Gasteiger partial charge in [0.25, 0.3) is 6.43 Å². The van der Waals surface area contributed by atoms with Crippen molar-refractivity contribution in [3.05, 3.63) is 51.9 Å². The number of carbonyl (C=O) groups is 1. The number of esters is 1. The van der Waals surface area contributed by atoms with Crippen LogP contribution in [0, 0.1) is 5.82 Å². The highest BCUT2D eigenvalue weighted by atomic mass is 35.5. The number of fused-ring (bicyclic) bond motifs is 2.